The summed E-state index contributed by atoms with van der Waals surface area (Å²) >= 11 is 1.21. The van der Waals surface area contributed by atoms with Crippen molar-refractivity contribution >= 4 is 27.5 Å². The van der Waals surface area contributed by atoms with Crippen molar-refractivity contribution in [1.82, 2.24) is 15.3 Å². The molecule has 0 radical (unpaired) electrons. The van der Waals surface area contributed by atoms with E-state index in [9.17, 15) is 9.59 Å². The first-order chi connectivity index (χ1) is 13.8. The minimum Gasteiger partial charge on any atom is -0.462 e. The number of hydrogen-bond acceptors (Lipinski definition) is 6. The summed E-state index contributed by atoms with van der Waals surface area (Å²) in [5.74, 6) is 0.500. The fourth-order valence-corrected chi connectivity index (χ4v) is 4.52. The lowest BCUT2D eigenvalue weighted by molar-refractivity contribution is 0.0531. The molecule has 0 aliphatic heterocycles. The maximum Gasteiger partial charge on any atom is 0.348 e. The minimum atomic E-state index is -0.413. The van der Waals surface area contributed by atoms with Crippen molar-refractivity contribution in [1.29, 1.82) is 0 Å². The van der Waals surface area contributed by atoms with Crippen LogP contribution in [0.2, 0.25) is 0 Å². The molecule has 7 heteroatoms. The first-order valence-corrected chi connectivity index (χ1v) is 10.7. The van der Waals surface area contributed by atoms with Crippen molar-refractivity contribution in [2.24, 2.45) is 5.92 Å². The molecule has 0 amide bonds. The number of aryl methyl sites for hydroxylation is 1. The summed E-state index contributed by atoms with van der Waals surface area (Å²) < 4.78 is 5.10. The number of nitrogens with one attached hydrogen (secondary N) is 2. The average Bonchev–Trinajstić information content (AvgIpc) is 3.03. The Labute approximate surface area is 174 Å². The summed E-state index contributed by atoms with van der Waals surface area (Å²) in [4.78, 5) is 33.5. The molecule has 2 aromatic heterocycles. The number of carbonyl (C=O) groups is 1. The third kappa shape index (κ3) is 4.41. The average molecular weight is 414 g/mol. The van der Waals surface area contributed by atoms with E-state index in [1.54, 1.807) is 13.8 Å². The summed E-state index contributed by atoms with van der Waals surface area (Å²) in [5.41, 5.74) is 1.58. The van der Waals surface area contributed by atoms with Crippen LogP contribution in [0.15, 0.2) is 35.1 Å². The number of esters is 1. The molecule has 2 atom stereocenters. The summed E-state index contributed by atoms with van der Waals surface area (Å²) in [6, 6.07) is 10.2. The zero-order valence-corrected chi connectivity index (χ0v) is 18.2. The number of benzene rings is 1. The summed E-state index contributed by atoms with van der Waals surface area (Å²) in [5, 5.41) is 4.04. The quantitative estimate of drug-likeness (QED) is 0.557. The van der Waals surface area contributed by atoms with Gasteiger partial charge in [-0.1, -0.05) is 44.2 Å². The minimum absolute atomic E-state index is 0.118. The second kappa shape index (κ2) is 8.88. The second-order valence-electron chi connectivity index (χ2n) is 7.43. The largest absolute Gasteiger partial charge is 0.462 e. The van der Waals surface area contributed by atoms with Crippen molar-refractivity contribution < 1.29 is 9.53 Å². The van der Waals surface area contributed by atoms with E-state index in [4.69, 9.17) is 4.74 Å². The Morgan fingerprint density at radius 3 is 2.55 bits per heavy atom. The maximum atomic E-state index is 12.7. The number of ether oxygens (including phenoxy) is 1. The SMILES string of the molecule is CCOC(=O)c1sc2nc([C@@H](C)N[C@H](c3ccccc3)C(C)C)[nH]c(=O)c2c1C. The molecule has 3 aromatic rings. The Morgan fingerprint density at radius 1 is 1.24 bits per heavy atom. The molecule has 6 nitrogen and oxygen atoms in total. The van der Waals surface area contributed by atoms with Gasteiger partial charge in [0.25, 0.3) is 5.56 Å². The molecule has 0 saturated heterocycles. The number of hydrogen-bond donors (Lipinski definition) is 2. The van der Waals surface area contributed by atoms with E-state index in [0.29, 0.717) is 39.0 Å². The number of nitrogens with zero attached hydrogens (tertiary/aromatic N) is 1. The van der Waals surface area contributed by atoms with Crippen molar-refractivity contribution in [3.05, 3.63) is 62.5 Å². The van der Waals surface area contributed by atoms with E-state index in [0.717, 1.165) is 0 Å². The molecule has 0 unspecified atom stereocenters. The van der Waals surface area contributed by atoms with Crippen LogP contribution >= 0.6 is 11.3 Å². The van der Waals surface area contributed by atoms with Crippen LogP contribution in [-0.2, 0) is 4.74 Å². The number of aromatic nitrogens is 2. The van der Waals surface area contributed by atoms with E-state index < -0.39 is 5.97 Å². The normalized spacial score (nSPS) is 13.6. The number of carbonyl (C=O) groups excluding carboxylic acids is 1. The van der Waals surface area contributed by atoms with Gasteiger partial charge in [-0.3, -0.25) is 4.79 Å². The van der Waals surface area contributed by atoms with Crippen molar-refractivity contribution in [3.8, 4) is 0 Å². The van der Waals surface area contributed by atoms with Gasteiger partial charge >= 0.3 is 5.97 Å². The molecule has 0 aliphatic rings. The van der Waals surface area contributed by atoms with E-state index in [-0.39, 0.29) is 17.6 Å². The highest BCUT2D eigenvalue weighted by Gasteiger charge is 2.23. The molecule has 3 rings (SSSR count). The van der Waals surface area contributed by atoms with Crippen LogP contribution in [0.4, 0.5) is 0 Å². The van der Waals surface area contributed by atoms with Gasteiger partial charge in [-0.25, -0.2) is 9.78 Å². The first-order valence-electron chi connectivity index (χ1n) is 9.84. The fourth-order valence-electron chi connectivity index (χ4n) is 3.44. The van der Waals surface area contributed by atoms with Crippen LogP contribution in [-0.4, -0.2) is 22.5 Å². The van der Waals surface area contributed by atoms with Crippen LogP contribution in [0, 0.1) is 12.8 Å². The van der Waals surface area contributed by atoms with Crippen molar-refractivity contribution in [3.63, 3.8) is 0 Å². The third-order valence-electron chi connectivity index (χ3n) is 4.94. The number of thiophene rings is 1. The number of aromatic amines is 1. The fraction of sp³-hybridized carbons (Fsp3) is 0.409. The van der Waals surface area contributed by atoms with E-state index >= 15 is 0 Å². The smallest absolute Gasteiger partial charge is 0.348 e. The topological polar surface area (TPSA) is 84.1 Å². The van der Waals surface area contributed by atoms with Crippen LogP contribution < -0.4 is 10.9 Å². The van der Waals surface area contributed by atoms with Crippen molar-refractivity contribution in [2.45, 2.75) is 46.7 Å². The Morgan fingerprint density at radius 2 is 1.93 bits per heavy atom. The standard InChI is InChI=1S/C22H27N3O3S/c1-6-28-22(27)18-13(4)16-20(26)24-19(25-21(16)29-18)14(5)23-17(12(2)3)15-10-8-7-9-11-15/h7-12,14,17,23H,6H2,1-5H3,(H,24,25,26)/t14-,17+/m1/s1. The molecule has 2 heterocycles. The molecule has 0 spiro atoms. The highest BCUT2D eigenvalue weighted by molar-refractivity contribution is 7.20. The van der Waals surface area contributed by atoms with Crippen molar-refractivity contribution in [2.75, 3.05) is 6.61 Å². The van der Waals surface area contributed by atoms with Gasteiger partial charge in [-0.15, -0.1) is 11.3 Å². The van der Waals surface area contributed by atoms with Gasteiger partial charge in [-0.05, 0) is 37.8 Å². The van der Waals surface area contributed by atoms with Crippen LogP contribution in [0.5, 0.6) is 0 Å². The molecule has 1 aromatic carbocycles. The highest BCUT2D eigenvalue weighted by Crippen LogP contribution is 2.29. The van der Waals surface area contributed by atoms with Gasteiger partial charge in [0.15, 0.2) is 0 Å². The predicted molar refractivity (Wildman–Crippen MR) is 117 cm³/mol. The highest BCUT2D eigenvalue weighted by atomic mass is 32.1. The van der Waals surface area contributed by atoms with Crippen LogP contribution in [0.1, 0.15) is 66.4 Å². The molecule has 0 saturated carbocycles. The van der Waals surface area contributed by atoms with Gasteiger partial charge in [0.1, 0.15) is 15.5 Å². The first kappa shape index (κ1) is 21.2. The zero-order chi connectivity index (χ0) is 21.1. The molecular formula is C22H27N3O3S. The Hall–Kier alpha value is -2.51. The van der Waals surface area contributed by atoms with Gasteiger partial charge < -0.3 is 15.0 Å². The zero-order valence-electron chi connectivity index (χ0n) is 17.4. The lowest BCUT2D eigenvalue weighted by atomic mass is 9.95. The lowest BCUT2D eigenvalue weighted by Gasteiger charge is -2.26. The van der Waals surface area contributed by atoms with E-state index in [1.165, 1.54) is 16.9 Å². The predicted octanol–water partition coefficient (Wildman–Crippen LogP) is 4.52. The van der Waals surface area contributed by atoms with E-state index in [2.05, 4.69) is 41.3 Å². The van der Waals surface area contributed by atoms with Gasteiger partial charge in [0.2, 0.25) is 0 Å². The van der Waals surface area contributed by atoms with Crippen LogP contribution in [0.3, 0.4) is 0 Å². The molecule has 0 fully saturated rings. The molecule has 29 heavy (non-hydrogen) atoms. The second-order valence-corrected chi connectivity index (χ2v) is 8.43. The molecule has 0 bridgehead atoms. The maximum absolute atomic E-state index is 12.7. The molecule has 154 valence electrons. The van der Waals surface area contributed by atoms with Gasteiger partial charge in [0.05, 0.1) is 18.0 Å². The number of rotatable bonds is 7. The number of H-pyrrole nitrogens is 1. The van der Waals surface area contributed by atoms with Gasteiger partial charge in [0, 0.05) is 6.04 Å². The molecular weight excluding hydrogens is 386 g/mol. The lowest BCUT2D eigenvalue weighted by Crippen LogP contribution is -2.30. The summed E-state index contributed by atoms with van der Waals surface area (Å²) in [7, 11) is 0. The third-order valence-corrected chi connectivity index (χ3v) is 6.11. The summed E-state index contributed by atoms with van der Waals surface area (Å²) in [6.07, 6.45) is 0. The number of fused-ring (bicyclic) bond motifs is 1. The Kier molecular flexibility index (Phi) is 6.49. The molecule has 2 N–H and O–H groups in total. The Balaban J connectivity index is 1.95. The monoisotopic (exact) mass is 413 g/mol. The van der Waals surface area contributed by atoms with E-state index in [1.807, 2.05) is 25.1 Å². The van der Waals surface area contributed by atoms with Gasteiger partial charge in [-0.2, -0.15) is 0 Å². The van der Waals surface area contributed by atoms with Crippen LogP contribution in [0.25, 0.3) is 10.2 Å². The molecule has 0 aliphatic carbocycles. The Bertz CT molecular complexity index is 1060. The summed E-state index contributed by atoms with van der Waals surface area (Å²) in [6.45, 7) is 10.1.